The first kappa shape index (κ1) is 13.5. The summed E-state index contributed by atoms with van der Waals surface area (Å²) in [6.45, 7) is 0. The van der Waals surface area contributed by atoms with E-state index in [-0.39, 0.29) is 23.6 Å². The molecule has 2 atom stereocenters. The third kappa shape index (κ3) is 2.76. The minimum atomic E-state index is -0.794. The molecule has 1 fully saturated rings. The Morgan fingerprint density at radius 1 is 1.42 bits per heavy atom. The normalized spacial score (nSPS) is 22.3. The van der Waals surface area contributed by atoms with Crippen LogP contribution in [-0.4, -0.2) is 24.2 Å². The lowest BCUT2D eigenvalue weighted by Gasteiger charge is -2.18. The summed E-state index contributed by atoms with van der Waals surface area (Å²) in [5.41, 5.74) is 5.43. The highest BCUT2D eigenvalue weighted by molar-refractivity contribution is 5.51. The Morgan fingerprint density at radius 3 is 2.68 bits per heavy atom. The Hall–Kier alpha value is -1.89. The monoisotopic (exact) mass is 270 g/mol. The molecule has 2 unspecified atom stereocenters. The van der Waals surface area contributed by atoms with Crippen molar-refractivity contribution in [1.82, 2.24) is 0 Å². The number of ether oxygens (including phenoxy) is 2. The fourth-order valence-electron chi connectivity index (χ4n) is 2.18. The molecule has 104 valence electrons. The molecule has 1 aromatic rings. The van der Waals surface area contributed by atoms with Crippen LogP contribution in [0.25, 0.3) is 0 Å². The zero-order chi connectivity index (χ0) is 14.0. The molecule has 0 heterocycles. The Morgan fingerprint density at radius 2 is 2.16 bits per heavy atom. The van der Waals surface area contributed by atoms with Gasteiger partial charge in [-0.05, 0) is 19.3 Å². The number of nitrogens with two attached hydrogens (primary N) is 1. The number of rotatable bonds is 4. The van der Waals surface area contributed by atoms with Crippen molar-refractivity contribution in [2.24, 2.45) is 5.73 Å². The van der Waals surface area contributed by atoms with E-state index in [9.17, 15) is 14.5 Å². The fraction of sp³-hybridized carbons (Fsp3) is 0.500. The lowest BCUT2D eigenvalue weighted by Crippen LogP contribution is -2.33. The first-order valence-electron chi connectivity index (χ1n) is 5.97. The van der Waals surface area contributed by atoms with E-state index in [0.717, 1.165) is 25.3 Å². The maximum atomic E-state index is 13.5. The molecule has 0 radical (unpaired) electrons. The fourth-order valence-corrected chi connectivity index (χ4v) is 2.18. The lowest BCUT2D eigenvalue weighted by atomic mass is 10.2. The minimum absolute atomic E-state index is 0.00870. The average molecular weight is 270 g/mol. The maximum Gasteiger partial charge on any atom is 0.314 e. The molecule has 0 bridgehead atoms. The topological polar surface area (TPSA) is 87.6 Å². The van der Waals surface area contributed by atoms with Gasteiger partial charge >= 0.3 is 5.69 Å². The molecular weight excluding hydrogens is 255 g/mol. The third-order valence-corrected chi connectivity index (χ3v) is 3.21. The van der Waals surface area contributed by atoms with Crippen LogP contribution >= 0.6 is 0 Å². The predicted octanol–water partition coefficient (Wildman–Crippen LogP) is 2.00. The largest absolute Gasteiger partial charge is 0.494 e. The van der Waals surface area contributed by atoms with Crippen molar-refractivity contribution in [3.63, 3.8) is 0 Å². The molecule has 0 spiro atoms. The van der Waals surface area contributed by atoms with Crippen LogP contribution in [-0.2, 0) is 0 Å². The first-order chi connectivity index (χ1) is 9.02. The molecule has 2 rings (SSSR count). The molecule has 0 amide bonds. The summed E-state index contributed by atoms with van der Waals surface area (Å²) in [5.74, 6) is -0.893. The Balaban J connectivity index is 2.33. The second-order valence-corrected chi connectivity index (χ2v) is 4.46. The Kier molecular flexibility index (Phi) is 3.84. The smallest absolute Gasteiger partial charge is 0.314 e. The van der Waals surface area contributed by atoms with Gasteiger partial charge in [0.2, 0.25) is 5.75 Å². The van der Waals surface area contributed by atoms with Gasteiger partial charge in [-0.15, -0.1) is 0 Å². The molecule has 0 saturated heterocycles. The number of nitro benzene ring substituents is 1. The molecule has 1 aliphatic rings. The average Bonchev–Trinajstić information content (AvgIpc) is 2.76. The molecule has 2 N–H and O–H groups in total. The second-order valence-electron chi connectivity index (χ2n) is 4.46. The number of methoxy groups -OCH3 is 1. The van der Waals surface area contributed by atoms with E-state index in [4.69, 9.17) is 15.2 Å². The van der Waals surface area contributed by atoms with Gasteiger partial charge in [-0.25, -0.2) is 4.39 Å². The van der Waals surface area contributed by atoms with Crippen molar-refractivity contribution in [2.45, 2.75) is 31.4 Å². The van der Waals surface area contributed by atoms with Gasteiger partial charge in [0.05, 0.1) is 18.1 Å². The quantitative estimate of drug-likeness (QED) is 0.667. The van der Waals surface area contributed by atoms with Crippen LogP contribution in [0.4, 0.5) is 10.1 Å². The number of hydrogen-bond acceptors (Lipinski definition) is 5. The first-order valence-corrected chi connectivity index (χ1v) is 5.97. The van der Waals surface area contributed by atoms with Gasteiger partial charge in [-0.2, -0.15) is 0 Å². The zero-order valence-corrected chi connectivity index (χ0v) is 10.5. The molecule has 0 aliphatic heterocycles. The maximum absolute atomic E-state index is 13.5. The van der Waals surface area contributed by atoms with Crippen LogP contribution in [0.15, 0.2) is 12.1 Å². The van der Waals surface area contributed by atoms with E-state index >= 15 is 0 Å². The summed E-state index contributed by atoms with van der Waals surface area (Å²) < 4.78 is 23.8. The van der Waals surface area contributed by atoms with Crippen LogP contribution in [0.5, 0.6) is 11.5 Å². The predicted molar refractivity (Wildman–Crippen MR) is 65.8 cm³/mol. The molecule has 1 saturated carbocycles. The summed E-state index contributed by atoms with van der Waals surface area (Å²) in [6.07, 6.45) is 2.18. The van der Waals surface area contributed by atoms with E-state index in [1.807, 2.05) is 0 Å². The van der Waals surface area contributed by atoms with Crippen molar-refractivity contribution < 1.29 is 18.8 Å². The minimum Gasteiger partial charge on any atom is -0.494 e. The number of nitro groups is 1. The van der Waals surface area contributed by atoms with Gasteiger partial charge in [-0.1, -0.05) is 0 Å². The molecular formula is C12H15FN2O4. The van der Waals surface area contributed by atoms with E-state index in [0.29, 0.717) is 0 Å². The highest BCUT2D eigenvalue weighted by atomic mass is 19.1. The van der Waals surface area contributed by atoms with Crippen LogP contribution in [0, 0.1) is 15.9 Å². The van der Waals surface area contributed by atoms with Crippen molar-refractivity contribution in [2.75, 3.05) is 7.11 Å². The number of nitrogens with zero attached hydrogens (tertiary/aromatic N) is 1. The summed E-state index contributed by atoms with van der Waals surface area (Å²) in [6, 6.07) is 1.84. The van der Waals surface area contributed by atoms with Gasteiger partial charge in [0.15, 0.2) is 11.6 Å². The number of hydrogen-bond donors (Lipinski definition) is 1. The summed E-state index contributed by atoms with van der Waals surface area (Å²) in [4.78, 5) is 10.2. The van der Waals surface area contributed by atoms with Crippen molar-refractivity contribution in [3.8, 4) is 11.5 Å². The van der Waals surface area contributed by atoms with Crippen molar-refractivity contribution in [3.05, 3.63) is 28.1 Å². The van der Waals surface area contributed by atoms with Crippen LogP contribution < -0.4 is 15.2 Å². The molecule has 6 nitrogen and oxygen atoms in total. The van der Waals surface area contributed by atoms with Gasteiger partial charge in [0.1, 0.15) is 6.10 Å². The Labute approximate surface area is 109 Å². The standard InChI is InChI=1S/C12H15FN2O4/c1-18-11-6-12(9(15(16)17)5-7(11)13)19-10-4-2-3-8(10)14/h5-6,8,10H,2-4,14H2,1H3. The highest BCUT2D eigenvalue weighted by Gasteiger charge is 2.29. The van der Waals surface area contributed by atoms with Gasteiger partial charge in [-0.3, -0.25) is 10.1 Å². The molecule has 1 aliphatic carbocycles. The third-order valence-electron chi connectivity index (χ3n) is 3.21. The van der Waals surface area contributed by atoms with E-state index in [2.05, 4.69) is 0 Å². The van der Waals surface area contributed by atoms with Gasteiger partial charge < -0.3 is 15.2 Å². The van der Waals surface area contributed by atoms with Gasteiger partial charge in [0.25, 0.3) is 0 Å². The van der Waals surface area contributed by atoms with Crippen molar-refractivity contribution >= 4 is 5.69 Å². The van der Waals surface area contributed by atoms with Crippen LogP contribution in [0.2, 0.25) is 0 Å². The SMILES string of the molecule is COc1cc(OC2CCCC2N)c([N+](=O)[O-])cc1F. The van der Waals surface area contributed by atoms with Crippen LogP contribution in [0.1, 0.15) is 19.3 Å². The lowest BCUT2D eigenvalue weighted by molar-refractivity contribution is -0.386. The summed E-state index contributed by atoms with van der Waals surface area (Å²) >= 11 is 0. The zero-order valence-electron chi connectivity index (χ0n) is 10.5. The highest BCUT2D eigenvalue weighted by Crippen LogP contribution is 2.36. The molecule has 1 aromatic carbocycles. The van der Waals surface area contributed by atoms with E-state index in [1.54, 1.807) is 0 Å². The number of benzene rings is 1. The Bertz CT molecular complexity index is 495. The van der Waals surface area contributed by atoms with Crippen molar-refractivity contribution in [1.29, 1.82) is 0 Å². The summed E-state index contributed by atoms with van der Waals surface area (Å²) in [5, 5.41) is 10.9. The number of halogens is 1. The summed E-state index contributed by atoms with van der Waals surface area (Å²) in [7, 11) is 1.29. The molecule has 7 heteroatoms. The van der Waals surface area contributed by atoms with E-state index < -0.39 is 16.4 Å². The van der Waals surface area contributed by atoms with E-state index in [1.165, 1.54) is 13.2 Å². The van der Waals surface area contributed by atoms with Crippen LogP contribution in [0.3, 0.4) is 0 Å². The second kappa shape index (κ2) is 5.40. The molecule has 0 aromatic heterocycles. The molecule has 19 heavy (non-hydrogen) atoms. The van der Waals surface area contributed by atoms with Gasteiger partial charge in [0, 0.05) is 12.1 Å².